The maximum Gasteiger partial charge on any atom is 0.254 e. The summed E-state index contributed by atoms with van der Waals surface area (Å²) in [5.74, 6) is 0.944. The van der Waals surface area contributed by atoms with Crippen LogP contribution in [0.15, 0.2) is 60.8 Å². The zero-order valence-corrected chi connectivity index (χ0v) is 15.2. The molecule has 2 aromatic carbocycles. The lowest BCUT2D eigenvalue weighted by molar-refractivity contribution is 0.0663. The Morgan fingerprint density at radius 1 is 1.04 bits per heavy atom. The summed E-state index contributed by atoms with van der Waals surface area (Å²) < 4.78 is 13.0. The SMILES string of the molecule is O=C(c1cc(Cl)c2c(c1)OCO2)N1CCn2cccc2C1c1ccccc1. The number of carbonyl (C=O) groups excluding carboxylic acids is 1. The number of hydrogen-bond donors (Lipinski definition) is 0. The molecule has 0 spiro atoms. The monoisotopic (exact) mass is 380 g/mol. The Hall–Kier alpha value is -2.92. The van der Waals surface area contributed by atoms with Gasteiger partial charge in [-0.25, -0.2) is 0 Å². The van der Waals surface area contributed by atoms with Crippen LogP contribution in [0, 0.1) is 0 Å². The van der Waals surface area contributed by atoms with Crippen LogP contribution in [0.5, 0.6) is 11.5 Å². The summed E-state index contributed by atoms with van der Waals surface area (Å²) >= 11 is 6.29. The molecule has 136 valence electrons. The minimum absolute atomic E-state index is 0.0727. The summed E-state index contributed by atoms with van der Waals surface area (Å²) in [6.07, 6.45) is 2.06. The molecule has 5 rings (SSSR count). The van der Waals surface area contributed by atoms with Crippen molar-refractivity contribution in [2.45, 2.75) is 12.6 Å². The number of ether oxygens (including phenoxy) is 2. The van der Waals surface area contributed by atoms with Gasteiger partial charge in [-0.2, -0.15) is 0 Å². The van der Waals surface area contributed by atoms with E-state index in [-0.39, 0.29) is 18.7 Å². The average Bonchev–Trinajstić information content (AvgIpc) is 3.36. The smallest absolute Gasteiger partial charge is 0.254 e. The van der Waals surface area contributed by atoms with Gasteiger partial charge in [0.05, 0.1) is 11.1 Å². The van der Waals surface area contributed by atoms with Gasteiger partial charge in [-0.3, -0.25) is 4.79 Å². The quantitative estimate of drug-likeness (QED) is 0.671. The van der Waals surface area contributed by atoms with Gasteiger partial charge in [0.1, 0.15) is 0 Å². The molecule has 0 saturated carbocycles. The van der Waals surface area contributed by atoms with E-state index >= 15 is 0 Å². The topological polar surface area (TPSA) is 43.7 Å². The van der Waals surface area contributed by atoms with E-state index in [2.05, 4.69) is 29.0 Å². The van der Waals surface area contributed by atoms with Gasteiger partial charge in [0, 0.05) is 30.5 Å². The van der Waals surface area contributed by atoms with Crippen molar-refractivity contribution in [2.75, 3.05) is 13.3 Å². The van der Waals surface area contributed by atoms with Crippen molar-refractivity contribution in [2.24, 2.45) is 0 Å². The number of hydrogen-bond acceptors (Lipinski definition) is 3. The Morgan fingerprint density at radius 3 is 2.74 bits per heavy atom. The third-order valence-corrected chi connectivity index (χ3v) is 5.37. The highest BCUT2D eigenvalue weighted by molar-refractivity contribution is 6.32. The highest BCUT2D eigenvalue weighted by atomic mass is 35.5. The van der Waals surface area contributed by atoms with Crippen LogP contribution < -0.4 is 9.47 Å². The molecule has 0 saturated heterocycles. The van der Waals surface area contributed by atoms with Gasteiger partial charge < -0.3 is 18.9 Å². The Kier molecular flexibility index (Phi) is 3.83. The van der Waals surface area contributed by atoms with Crippen molar-refractivity contribution in [3.63, 3.8) is 0 Å². The van der Waals surface area contributed by atoms with E-state index in [1.54, 1.807) is 12.1 Å². The lowest BCUT2D eigenvalue weighted by Crippen LogP contribution is -2.42. The van der Waals surface area contributed by atoms with E-state index in [4.69, 9.17) is 21.1 Å². The molecular formula is C21H17ClN2O3. The zero-order valence-electron chi connectivity index (χ0n) is 14.5. The van der Waals surface area contributed by atoms with Crippen LogP contribution in [0.2, 0.25) is 5.02 Å². The molecule has 3 heterocycles. The van der Waals surface area contributed by atoms with Gasteiger partial charge in [-0.1, -0.05) is 41.9 Å². The van der Waals surface area contributed by atoms with Crippen LogP contribution in [0.3, 0.4) is 0 Å². The molecule has 1 aromatic heterocycles. The van der Waals surface area contributed by atoms with Gasteiger partial charge in [0.25, 0.3) is 5.91 Å². The van der Waals surface area contributed by atoms with Gasteiger partial charge in [0.15, 0.2) is 11.5 Å². The summed E-state index contributed by atoms with van der Waals surface area (Å²) in [5, 5.41) is 0.394. The van der Waals surface area contributed by atoms with Crippen molar-refractivity contribution >= 4 is 17.5 Å². The molecule has 3 aromatic rings. The highest BCUT2D eigenvalue weighted by Crippen LogP contribution is 2.41. The van der Waals surface area contributed by atoms with E-state index in [1.165, 1.54) is 0 Å². The van der Waals surface area contributed by atoms with Gasteiger partial charge in [-0.05, 0) is 29.8 Å². The minimum Gasteiger partial charge on any atom is -0.454 e. The predicted molar refractivity (Wildman–Crippen MR) is 101 cm³/mol. The van der Waals surface area contributed by atoms with Crippen molar-refractivity contribution in [1.29, 1.82) is 0 Å². The Bertz CT molecular complexity index is 1020. The molecule has 1 atom stereocenters. The summed E-state index contributed by atoms with van der Waals surface area (Å²) in [6, 6.07) is 17.4. The Balaban J connectivity index is 1.57. The van der Waals surface area contributed by atoms with Crippen LogP contribution >= 0.6 is 11.6 Å². The highest BCUT2D eigenvalue weighted by Gasteiger charge is 2.33. The fourth-order valence-corrected chi connectivity index (χ4v) is 4.11. The van der Waals surface area contributed by atoms with E-state index in [0.717, 1.165) is 17.8 Å². The molecular weight excluding hydrogens is 364 g/mol. The molecule has 2 aliphatic heterocycles. The number of fused-ring (bicyclic) bond motifs is 2. The van der Waals surface area contributed by atoms with Gasteiger partial charge >= 0.3 is 0 Å². The third-order valence-electron chi connectivity index (χ3n) is 5.09. The van der Waals surface area contributed by atoms with E-state index in [9.17, 15) is 4.79 Å². The fraction of sp³-hybridized carbons (Fsp3) is 0.190. The molecule has 6 heteroatoms. The molecule has 0 N–H and O–H groups in total. The Morgan fingerprint density at radius 2 is 1.89 bits per heavy atom. The number of rotatable bonds is 2. The lowest BCUT2D eigenvalue weighted by Gasteiger charge is -2.37. The van der Waals surface area contributed by atoms with Crippen molar-refractivity contribution < 1.29 is 14.3 Å². The number of halogens is 1. The maximum absolute atomic E-state index is 13.4. The first-order valence-corrected chi connectivity index (χ1v) is 9.20. The predicted octanol–water partition coefficient (Wildman–Crippen LogP) is 4.12. The summed E-state index contributed by atoms with van der Waals surface area (Å²) in [5.41, 5.74) is 2.69. The summed E-state index contributed by atoms with van der Waals surface area (Å²) in [7, 11) is 0. The minimum atomic E-state index is -0.147. The van der Waals surface area contributed by atoms with Crippen LogP contribution in [0.4, 0.5) is 0 Å². The van der Waals surface area contributed by atoms with E-state index in [0.29, 0.717) is 28.6 Å². The first-order valence-electron chi connectivity index (χ1n) is 8.82. The maximum atomic E-state index is 13.4. The number of aromatic nitrogens is 1. The second kappa shape index (κ2) is 6.35. The lowest BCUT2D eigenvalue weighted by atomic mass is 9.99. The number of amides is 1. The van der Waals surface area contributed by atoms with Crippen LogP contribution in [0.25, 0.3) is 0 Å². The molecule has 0 aliphatic carbocycles. The molecule has 1 amide bonds. The fourth-order valence-electron chi connectivity index (χ4n) is 3.84. The van der Waals surface area contributed by atoms with Gasteiger partial charge in [0.2, 0.25) is 6.79 Å². The van der Waals surface area contributed by atoms with E-state index in [1.807, 2.05) is 29.2 Å². The standard InChI is InChI=1S/C21H17ClN2O3/c22-16-11-15(12-18-20(16)27-13-26-18)21(25)24-10-9-23-8-4-7-17(23)19(24)14-5-2-1-3-6-14/h1-8,11-12,19H,9-10,13H2. The molecule has 1 unspecified atom stereocenters. The summed E-state index contributed by atoms with van der Waals surface area (Å²) in [4.78, 5) is 15.3. The molecule has 5 nitrogen and oxygen atoms in total. The average molecular weight is 381 g/mol. The van der Waals surface area contributed by atoms with Crippen molar-refractivity contribution in [3.8, 4) is 11.5 Å². The number of benzene rings is 2. The normalized spacial score (nSPS) is 17.7. The molecule has 2 aliphatic rings. The van der Waals surface area contributed by atoms with E-state index < -0.39 is 0 Å². The second-order valence-electron chi connectivity index (χ2n) is 6.63. The van der Waals surface area contributed by atoms with Crippen LogP contribution in [-0.2, 0) is 6.54 Å². The first-order chi connectivity index (χ1) is 13.2. The third kappa shape index (κ3) is 2.66. The molecule has 0 radical (unpaired) electrons. The second-order valence-corrected chi connectivity index (χ2v) is 7.04. The van der Waals surface area contributed by atoms with Crippen LogP contribution in [-0.4, -0.2) is 28.7 Å². The van der Waals surface area contributed by atoms with Crippen LogP contribution in [0.1, 0.15) is 27.7 Å². The molecule has 27 heavy (non-hydrogen) atoms. The first kappa shape index (κ1) is 16.3. The largest absolute Gasteiger partial charge is 0.454 e. The molecule has 0 bridgehead atoms. The molecule has 0 fully saturated rings. The zero-order chi connectivity index (χ0) is 18.4. The van der Waals surface area contributed by atoms with Crippen molar-refractivity contribution in [3.05, 3.63) is 82.6 Å². The number of carbonyl (C=O) groups is 1. The Labute approximate surface area is 161 Å². The number of nitrogens with zero attached hydrogens (tertiary/aromatic N) is 2. The summed E-state index contributed by atoms with van der Waals surface area (Å²) in [6.45, 7) is 1.50. The van der Waals surface area contributed by atoms with Gasteiger partial charge in [-0.15, -0.1) is 0 Å². The van der Waals surface area contributed by atoms with Crippen molar-refractivity contribution in [1.82, 2.24) is 9.47 Å².